The summed E-state index contributed by atoms with van der Waals surface area (Å²) >= 11 is 12.5. The lowest BCUT2D eigenvalue weighted by atomic mass is 10.3. The monoisotopic (exact) mass is 323 g/mol. The molecule has 0 saturated carbocycles. The Bertz CT molecular complexity index is 645. The maximum absolute atomic E-state index is 11.9. The second-order valence-corrected chi connectivity index (χ2v) is 7.00. The van der Waals surface area contributed by atoms with Gasteiger partial charge in [0, 0.05) is 0 Å². The molecule has 0 aliphatic heterocycles. The van der Waals surface area contributed by atoms with Gasteiger partial charge < -0.3 is 5.11 Å². The van der Waals surface area contributed by atoms with Crippen molar-refractivity contribution >= 4 is 50.2 Å². The number of rotatable bonds is 3. The van der Waals surface area contributed by atoms with Crippen molar-refractivity contribution in [1.82, 2.24) is 0 Å². The van der Waals surface area contributed by atoms with E-state index in [1.807, 2.05) is 0 Å². The molecule has 0 atom stereocenters. The molecule has 8 heteroatoms. The molecule has 2 rings (SSSR count). The molecule has 2 aromatic rings. The van der Waals surface area contributed by atoms with Gasteiger partial charge in [0.1, 0.15) is 4.21 Å². The third-order valence-corrected chi connectivity index (χ3v) is 5.38. The van der Waals surface area contributed by atoms with Gasteiger partial charge in [-0.1, -0.05) is 29.3 Å². The predicted molar refractivity (Wildman–Crippen MR) is 73.3 cm³/mol. The molecule has 2 N–H and O–H groups in total. The van der Waals surface area contributed by atoms with Crippen molar-refractivity contribution in [3.8, 4) is 5.75 Å². The Morgan fingerprint density at radius 3 is 2.33 bits per heavy atom. The van der Waals surface area contributed by atoms with Gasteiger partial charge in [0.25, 0.3) is 10.0 Å². The molecule has 0 unspecified atom stereocenters. The van der Waals surface area contributed by atoms with Crippen LogP contribution in [0.5, 0.6) is 5.75 Å². The third kappa shape index (κ3) is 2.72. The smallest absolute Gasteiger partial charge is 0.271 e. The molecule has 0 aliphatic rings. The van der Waals surface area contributed by atoms with Gasteiger partial charge in [0.15, 0.2) is 5.75 Å². The summed E-state index contributed by atoms with van der Waals surface area (Å²) in [6.45, 7) is 0. The molecule has 0 spiro atoms. The predicted octanol–water partition coefficient (Wildman–Crippen LogP) is 3.56. The number of aromatic hydroxyl groups is 1. The highest BCUT2D eigenvalue weighted by molar-refractivity contribution is 7.94. The molecule has 0 saturated heterocycles. The van der Waals surface area contributed by atoms with Crippen molar-refractivity contribution in [1.29, 1.82) is 0 Å². The highest BCUT2D eigenvalue weighted by atomic mass is 35.5. The van der Waals surface area contributed by atoms with Crippen LogP contribution in [0.2, 0.25) is 10.0 Å². The fourth-order valence-corrected chi connectivity index (χ4v) is 3.77. The lowest BCUT2D eigenvalue weighted by Gasteiger charge is -2.08. The molecular formula is C10H7Cl2NO3S2. The molecule has 0 aliphatic carbocycles. The number of hydrogen-bond donors (Lipinski definition) is 2. The van der Waals surface area contributed by atoms with E-state index in [9.17, 15) is 13.5 Å². The molecule has 4 nitrogen and oxygen atoms in total. The van der Waals surface area contributed by atoms with Gasteiger partial charge in [-0.3, -0.25) is 4.72 Å². The first-order chi connectivity index (χ1) is 8.40. The largest absolute Gasteiger partial charge is 0.505 e. The molecule has 1 heterocycles. The zero-order chi connectivity index (χ0) is 13.3. The van der Waals surface area contributed by atoms with E-state index in [1.54, 1.807) is 11.4 Å². The minimum absolute atomic E-state index is 0.0219. The molecule has 1 aromatic carbocycles. The summed E-state index contributed by atoms with van der Waals surface area (Å²) in [5, 5.41) is 11.0. The van der Waals surface area contributed by atoms with E-state index in [2.05, 4.69) is 4.72 Å². The van der Waals surface area contributed by atoms with E-state index >= 15 is 0 Å². The normalized spacial score (nSPS) is 11.4. The van der Waals surface area contributed by atoms with Gasteiger partial charge in [-0.25, -0.2) is 8.42 Å². The van der Waals surface area contributed by atoms with E-state index in [-0.39, 0.29) is 25.7 Å². The number of phenols is 1. The van der Waals surface area contributed by atoms with Crippen molar-refractivity contribution in [3.05, 3.63) is 39.7 Å². The van der Waals surface area contributed by atoms with Crippen LogP contribution in [0.4, 0.5) is 5.69 Å². The fourth-order valence-electron chi connectivity index (χ4n) is 1.25. The topological polar surface area (TPSA) is 66.4 Å². The third-order valence-electron chi connectivity index (χ3n) is 2.03. The standard InChI is InChI=1S/C10H7Cl2NO3S2/c11-7-4-6(5-8(12)10(7)14)13-18(15,16)9-2-1-3-17-9/h1-5,13-14H. The van der Waals surface area contributed by atoms with Crippen LogP contribution in [0.15, 0.2) is 33.9 Å². The fraction of sp³-hybridized carbons (Fsp3) is 0. The second kappa shape index (κ2) is 4.97. The van der Waals surface area contributed by atoms with Crippen LogP contribution in [0.1, 0.15) is 0 Å². The van der Waals surface area contributed by atoms with Gasteiger partial charge in [-0.15, -0.1) is 11.3 Å². The van der Waals surface area contributed by atoms with Crippen LogP contribution in [0.25, 0.3) is 0 Å². The van der Waals surface area contributed by atoms with Crippen molar-refractivity contribution in [2.24, 2.45) is 0 Å². The number of halogens is 2. The van der Waals surface area contributed by atoms with E-state index in [1.165, 1.54) is 18.2 Å². The summed E-state index contributed by atoms with van der Waals surface area (Å²) in [5.41, 5.74) is 0.191. The Balaban J connectivity index is 2.36. The maximum Gasteiger partial charge on any atom is 0.271 e. The zero-order valence-corrected chi connectivity index (χ0v) is 11.9. The summed E-state index contributed by atoms with van der Waals surface area (Å²) < 4.78 is 26.4. The molecule has 0 amide bonds. The van der Waals surface area contributed by atoms with Crippen LogP contribution in [0, 0.1) is 0 Å². The summed E-state index contributed by atoms with van der Waals surface area (Å²) in [7, 11) is -3.65. The Hall–Kier alpha value is -0.950. The van der Waals surface area contributed by atoms with Crippen molar-refractivity contribution < 1.29 is 13.5 Å². The van der Waals surface area contributed by atoms with Gasteiger partial charge in [-0.05, 0) is 23.6 Å². The molecule has 18 heavy (non-hydrogen) atoms. The first kappa shape index (κ1) is 13.5. The molecule has 0 fully saturated rings. The SMILES string of the molecule is O=S(=O)(Nc1cc(Cl)c(O)c(Cl)c1)c1cccs1. The first-order valence-corrected chi connectivity index (χ1v) is 7.76. The van der Waals surface area contributed by atoms with Crippen LogP contribution < -0.4 is 4.72 Å². The first-order valence-electron chi connectivity index (χ1n) is 4.64. The zero-order valence-electron chi connectivity index (χ0n) is 8.72. The van der Waals surface area contributed by atoms with E-state index in [4.69, 9.17) is 23.2 Å². The summed E-state index contributed by atoms with van der Waals surface area (Å²) in [5.74, 6) is -0.280. The lowest BCUT2D eigenvalue weighted by Crippen LogP contribution is -2.11. The van der Waals surface area contributed by atoms with Gasteiger partial charge in [0.05, 0.1) is 15.7 Å². The van der Waals surface area contributed by atoms with Crippen molar-refractivity contribution in [2.45, 2.75) is 4.21 Å². The minimum Gasteiger partial charge on any atom is -0.505 e. The Labute approximate surface area is 118 Å². The van der Waals surface area contributed by atoms with E-state index in [0.717, 1.165) is 11.3 Å². The van der Waals surface area contributed by atoms with E-state index < -0.39 is 10.0 Å². The van der Waals surface area contributed by atoms with Crippen LogP contribution in [0.3, 0.4) is 0 Å². The Morgan fingerprint density at radius 2 is 1.83 bits per heavy atom. The number of anilines is 1. The number of benzene rings is 1. The number of sulfonamides is 1. The van der Waals surface area contributed by atoms with E-state index in [0.29, 0.717) is 0 Å². The van der Waals surface area contributed by atoms with Crippen LogP contribution in [-0.4, -0.2) is 13.5 Å². The van der Waals surface area contributed by atoms with Crippen LogP contribution in [-0.2, 0) is 10.0 Å². The van der Waals surface area contributed by atoms with Gasteiger partial charge >= 0.3 is 0 Å². The Morgan fingerprint density at radius 1 is 1.22 bits per heavy atom. The van der Waals surface area contributed by atoms with Crippen molar-refractivity contribution in [3.63, 3.8) is 0 Å². The highest BCUT2D eigenvalue weighted by Crippen LogP contribution is 2.35. The second-order valence-electron chi connectivity index (χ2n) is 3.33. The molecule has 1 aromatic heterocycles. The summed E-state index contributed by atoms with van der Waals surface area (Å²) in [4.78, 5) is 0. The van der Waals surface area contributed by atoms with Gasteiger partial charge in [0.2, 0.25) is 0 Å². The molecule has 96 valence electrons. The van der Waals surface area contributed by atoms with Gasteiger partial charge in [-0.2, -0.15) is 0 Å². The molecular weight excluding hydrogens is 317 g/mol. The molecule has 0 bridgehead atoms. The number of phenolic OH excluding ortho intramolecular Hbond substituents is 1. The quantitative estimate of drug-likeness (QED) is 0.849. The highest BCUT2D eigenvalue weighted by Gasteiger charge is 2.16. The summed E-state index contributed by atoms with van der Waals surface area (Å²) in [6.07, 6.45) is 0. The average Bonchev–Trinajstić information content (AvgIpc) is 2.79. The Kier molecular flexibility index (Phi) is 3.72. The number of nitrogens with one attached hydrogen (secondary N) is 1. The summed E-state index contributed by atoms with van der Waals surface area (Å²) in [6, 6.07) is 5.69. The number of hydrogen-bond acceptors (Lipinski definition) is 4. The average molecular weight is 324 g/mol. The maximum atomic E-state index is 11.9. The minimum atomic E-state index is -3.65. The number of thiophene rings is 1. The lowest BCUT2D eigenvalue weighted by molar-refractivity contribution is 0.476. The van der Waals surface area contributed by atoms with Crippen molar-refractivity contribution in [2.75, 3.05) is 4.72 Å². The molecule has 0 radical (unpaired) electrons. The van der Waals surface area contributed by atoms with Crippen LogP contribution >= 0.6 is 34.5 Å².